The van der Waals surface area contributed by atoms with Gasteiger partial charge >= 0.3 is 0 Å². The molecule has 1 saturated heterocycles. The van der Waals surface area contributed by atoms with Crippen LogP contribution in [-0.2, 0) is 6.42 Å². The van der Waals surface area contributed by atoms with Crippen LogP contribution in [0.4, 0.5) is 5.82 Å². The molecule has 1 fully saturated rings. The van der Waals surface area contributed by atoms with Crippen molar-refractivity contribution < 1.29 is 9.32 Å². The third-order valence-electron chi connectivity index (χ3n) is 5.03. The molecule has 0 aromatic carbocycles. The van der Waals surface area contributed by atoms with Crippen LogP contribution >= 0.6 is 0 Å². The van der Waals surface area contributed by atoms with Gasteiger partial charge in [-0.1, -0.05) is 5.16 Å². The number of amides is 1. The molecule has 1 atom stereocenters. The van der Waals surface area contributed by atoms with Gasteiger partial charge < -0.3 is 14.3 Å². The second-order valence-electron chi connectivity index (χ2n) is 7.25. The van der Waals surface area contributed by atoms with Crippen LogP contribution in [0.2, 0.25) is 0 Å². The smallest absolute Gasteiger partial charge is 0.259 e. The van der Waals surface area contributed by atoms with Gasteiger partial charge in [-0.15, -0.1) is 0 Å². The molecule has 3 heterocycles. The van der Waals surface area contributed by atoms with E-state index in [0.29, 0.717) is 22.9 Å². The van der Waals surface area contributed by atoms with Gasteiger partial charge in [-0.2, -0.15) is 0 Å². The summed E-state index contributed by atoms with van der Waals surface area (Å²) in [5, 5.41) is 3.90. The monoisotopic (exact) mass is 357 g/mol. The molecule has 0 spiro atoms. The van der Waals surface area contributed by atoms with Gasteiger partial charge in [0, 0.05) is 27.2 Å². The fourth-order valence-electron chi connectivity index (χ4n) is 3.50. The Labute approximate surface area is 154 Å². The number of carbonyl (C=O) groups is 1. The lowest BCUT2D eigenvalue weighted by Crippen LogP contribution is -2.32. The highest BCUT2D eigenvalue weighted by Crippen LogP contribution is 2.24. The topological polar surface area (TPSA) is 75.4 Å². The molecule has 0 bridgehead atoms. The summed E-state index contributed by atoms with van der Waals surface area (Å²) < 4.78 is 5.15. The van der Waals surface area contributed by atoms with Gasteiger partial charge in [0.15, 0.2) is 0 Å². The maximum Gasteiger partial charge on any atom is 0.259 e. The highest BCUT2D eigenvalue weighted by molar-refractivity contribution is 5.96. The lowest BCUT2D eigenvalue weighted by molar-refractivity contribution is 0.0757. The fraction of sp³-hybridized carbons (Fsp3) is 0.579. The molecule has 0 saturated carbocycles. The van der Waals surface area contributed by atoms with Crippen molar-refractivity contribution in [1.82, 2.24) is 20.0 Å². The molecule has 0 unspecified atom stereocenters. The average Bonchev–Trinajstić information content (AvgIpc) is 2.82. The SMILES string of the molecule is Cc1noc(C)c1C(=O)N1CCC[C@H](Cc2cnc(N(C)C)cn2)CC1. The van der Waals surface area contributed by atoms with Gasteiger partial charge in [0.25, 0.3) is 5.91 Å². The predicted molar refractivity (Wildman–Crippen MR) is 99.3 cm³/mol. The molecule has 3 rings (SSSR count). The van der Waals surface area contributed by atoms with Crippen molar-refractivity contribution in [3.8, 4) is 0 Å². The molecular weight excluding hydrogens is 330 g/mol. The molecule has 0 radical (unpaired) electrons. The normalized spacial score (nSPS) is 17.8. The lowest BCUT2D eigenvalue weighted by atomic mass is 9.95. The first kappa shape index (κ1) is 18.4. The Balaban J connectivity index is 1.60. The Hall–Kier alpha value is -2.44. The molecule has 2 aromatic rings. The van der Waals surface area contributed by atoms with Gasteiger partial charge in [0.2, 0.25) is 0 Å². The van der Waals surface area contributed by atoms with E-state index in [1.807, 2.05) is 43.2 Å². The Morgan fingerprint density at radius 2 is 2.04 bits per heavy atom. The fourth-order valence-corrected chi connectivity index (χ4v) is 3.50. The van der Waals surface area contributed by atoms with E-state index in [2.05, 4.69) is 15.1 Å². The number of hydrogen-bond acceptors (Lipinski definition) is 6. The molecule has 140 valence electrons. The van der Waals surface area contributed by atoms with Crippen LogP contribution in [0.15, 0.2) is 16.9 Å². The van der Waals surface area contributed by atoms with E-state index in [4.69, 9.17) is 4.52 Å². The summed E-state index contributed by atoms with van der Waals surface area (Å²) in [6.45, 7) is 5.16. The number of anilines is 1. The third-order valence-corrected chi connectivity index (χ3v) is 5.03. The van der Waals surface area contributed by atoms with Crippen molar-refractivity contribution in [3.05, 3.63) is 35.1 Å². The second-order valence-corrected chi connectivity index (χ2v) is 7.25. The van der Waals surface area contributed by atoms with E-state index in [1.165, 1.54) is 0 Å². The Morgan fingerprint density at radius 3 is 2.65 bits per heavy atom. The van der Waals surface area contributed by atoms with Crippen molar-refractivity contribution >= 4 is 11.7 Å². The van der Waals surface area contributed by atoms with Crippen molar-refractivity contribution in [1.29, 1.82) is 0 Å². The van der Waals surface area contributed by atoms with Crippen molar-refractivity contribution in [3.63, 3.8) is 0 Å². The van der Waals surface area contributed by atoms with Crippen LogP contribution in [0.25, 0.3) is 0 Å². The van der Waals surface area contributed by atoms with Crippen LogP contribution in [0.5, 0.6) is 0 Å². The molecule has 1 aliphatic rings. The minimum absolute atomic E-state index is 0.0389. The summed E-state index contributed by atoms with van der Waals surface area (Å²) in [6, 6.07) is 0. The van der Waals surface area contributed by atoms with Crippen LogP contribution in [-0.4, -0.2) is 53.1 Å². The number of likely N-dealkylation sites (tertiary alicyclic amines) is 1. The number of carbonyl (C=O) groups excluding carboxylic acids is 1. The maximum absolute atomic E-state index is 12.8. The second kappa shape index (κ2) is 7.85. The maximum atomic E-state index is 12.8. The highest BCUT2D eigenvalue weighted by Gasteiger charge is 2.26. The Morgan fingerprint density at radius 1 is 1.23 bits per heavy atom. The van der Waals surface area contributed by atoms with Crippen LogP contribution in [0, 0.1) is 19.8 Å². The molecule has 26 heavy (non-hydrogen) atoms. The third kappa shape index (κ3) is 4.03. The van der Waals surface area contributed by atoms with Gasteiger partial charge in [-0.3, -0.25) is 9.78 Å². The minimum atomic E-state index is 0.0389. The summed E-state index contributed by atoms with van der Waals surface area (Å²) in [6.07, 6.45) is 7.68. The number of nitrogens with zero attached hydrogens (tertiary/aromatic N) is 5. The average molecular weight is 357 g/mol. The molecule has 1 amide bonds. The number of rotatable bonds is 4. The number of hydrogen-bond donors (Lipinski definition) is 0. The lowest BCUT2D eigenvalue weighted by Gasteiger charge is -2.20. The largest absolute Gasteiger partial charge is 0.361 e. The quantitative estimate of drug-likeness (QED) is 0.837. The van der Waals surface area contributed by atoms with E-state index in [1.54, 1.807) is 6.92 Å². The summed E-state index contributed by atoms with van der Waals surface area (Å²) in [4.78, 5) is 25.7. The first-order chi connectivity index (χ1) is 12.5. The summed E-state index contributed by atoms with van der Waals surface area (Å²) in [5.41, 5.74) is 2.31. The van der Waals surface area contributed by atoms with E-state index >= 15 is 0 Å². The number of aryl methyl sites for hydroxylation is 2. The molecule has 0 N–H and O–H groups in total. The first-order valence-electron chi connectivity index (χ1n) is 9.16. The molecular formula is C19H27N5O2. The predicted octanol–water partition coefficient (Wildman–Crippen LogP) is 2.63. The van der Waals surface area contributed by atoms with Crippen LogP contribution < -0.4 is 4.90 Å². The number of aromatic nitrogens is 3. The van der Waals surface area contributed by atoms with Crippen molar-refractivity contribution in [2.75, 3.05) is 32.1 Å². The summed E-state index contributed by atoms with van der Waals surface area (Å²) in [5.74, 6) is 2.03. The zero-order chi connectivity index (χ0) is 18.7. The van der Waals surface area contributed by atoms with Crippen LogP contribution in [0.1, 0.15) is 46.8 Å². The minimum Gasteiger partial charge on any atom is -0.361 e. The van der Waals surface area contributed by atoms with Gasteiger partial charge in [-0.05, 0) is 45.4 Å². The molecule has 2 aromatic heterocycles. The van der Waals surface area contributed by atoms with Crippen LogP contribution in [0.3, 0.4) is 0 Å². The Kier molecular flexibility index (Phi) is 5.54. The van der Waals surface area contributed by atoms with Crippen molar-refractivity contribution in [2.45, 2.75) is 39.5 Å². The summed E-state index contributed by atoms with van der Waals surface area (Å²) >= 11 is 0. The highest BCUT2D eigenvalue weighted by atomic mass is 16.5. The zero-order valence-electron chi connectivity index (χ0n) is 16.0. The van der Waals surface area contributed by atoms with E-state index in [0.717, 1.165) is 50.3 Å². The van der Waals surface area contributed by atoms with E-state index in [-0.39, 0.29) is 5.91 Å². The van der Waals surface area contributed by atoms with E-state index in [9.17, 15) is 4.79 Å². The zero-order valence-corrected chi connectivity index (χ0v) is 16.0. The standard InChI is InChI=1S/C19H27N5O2/c1-13-18(14(2)26-22-13)19(25)24-8-5-6-15(7-9-24)10-16-11-21-17(12-20-16)23(3)4/h11-12,15H,5-10H2,1-4H3/t15-/m0/s1. The first-order valence-corrected chi connectivity index (χ1v) is 9.16. The molecule has 0 aliphatic carbocycles. The van der Waals surface area contributed by atoms with E-state index < -0.39 is 0 Å². The molecule has 7 heteroatoms. The Bertz CT molecular complexity index is 734. The van der Waals surface area contributed by atoms with Crippen molar-refractivity contribution in [2.24, 2.45) is 5.92 Å². The molecule has 1 aliphatic heterocycles. The van der Waals surface area contributed by atoms with Gasteiger partial charge in [0.1, 0.15) is 17.1 Å². The van der Waals surface area contributed by atoms with Gasteiger partial charge in [0.05, 0.1) is 23.8 Å². The molecule has 7 nitrogen and oxygen atoms in total. The van der Waals surface area contributed by atoms with Gasteiger partial charge in [-0.25, -0.2) is 4.98 Å². The summed E-state index contributed by atoms with van der Waals surface area (Å²) in [7, 11) is 3.92.